The lowest BCUT2D eigenvalue weighted by molar-refractivity contribution is -0.115. The van der Waals surface area contributed by atoms with E-state index < -0.39 is 0 Å². The van der Waals surface area contributed by atoms with Crippen molar-refractivity contribution in [2.24, 2.45) is 0 Å². The van der Waals surface area contributed by atoms with E-state index >= 15 is 0 Å². The number of carbonyl (C=O) groups excluding carboxylic acids is 2. The van der Waals surface area contributed by atoms with Crippen LogP contribution >= 0.6 is 11.8 Å². The van der Waals surface area contributed by atoms with Crippen LogP contribution in [0.4, 0.5) is 5.69 Å². The number of Topliss-reactive ketones (excluding diaryl/α,β-unsaturated/α-hetero) is 1. The standard InChI is InChI=1S/C19H21NO2S/c1-4-19(22)20-16-9-7-15(8-10-16)17(21)12-23-18-11-13(2)5-6-14(18)3/h5-11H,4,12H2,1-3H3,(H,20,22). The van der Waals surface area contributed by atoms with Crippen LogP contribution in [0.5, 0.6) is 0 Å². The molecule has 0 unspecified atom stereocenters. The molecule has 0 heterocycles. The number of ketones is 1. The molecule has 1 N–H and O–H groups in total. The van der Waals surface area contributed by atoms with Crippen molar-refractivity contribution in [1.82, 2.24) is 0 Å². The average Bonchev–Trinajstić information content (AvgIpc) is 2.56. The normalized spacial score (nSPS) is 10.4. The van der Waals surface area contributed by atoms with Gasteiger partial charge in [-0.2, -0.15) is 0 Å². The van der Waals surface area contributed by atoms with Gasteiger partial charge in [0.15, 0.2) is 5.78 Å². The van der Waals surface area contributed by atoms with Gasteiger partial charge in [0.2, 0.25) is 5.91 Å². The lowest BCUT2D eigenvalue weighted by atomic mass is 10.1. The van der Waals surface area contributed by atoms with Crippen LogP contribution in [0.3, 0.4) is 0 Å². The molecule has 0 radical (unpaired) electrons. The van der Waals surface area contributed by atoms with Crippen molar-refractivity contribution in [3.63, 3.8) is 0 Å². The molecule has 0 aliphatic carbocycles. The Morgan fingerprint density at radius 3 is 2.39 bits per heavy atom. The Bertz CT molecular complexity index is 708. The van der Waals surface area contributed by atoms with Gasteiger partial charge in [0.25, 0.3) is 0 Å². The first kappa shape index (κ1) is 17.3. The van der Waals surface area contributed by atoms with Gasteiger partial charge in [-0.1, -0.05) is 24.6 Å². The highest BCUT2D eigenvalue weighted by Gasteiger charge is 2.09. The van der Waals surface area contributed by atoms with Crippen molar-refractivity contribution < 1.29 is 9.59 Å². The predicted molar refractivity (Wildman–Crippen MR) is 96.3 cm³/mol. The molecule has 1 amide bonds. The maximum absolute atomic E-state index is 12.3. The van der Waals surface area contributed by atoms with Crippen molar-refractivity contribution in [3.8, 4) is 0 Å². The Kier molecular flexibility index (Phi) is 5.99. The zero-order valence-corrected chi connectivity index (χ0v) is 14.5. The zero-order chi connectivity index (χ0) is 16.8. The number of carbonyl (C=O) groups is 2. The molecule has 3 nitrogen and oxygen atoms in total. The second-order valence-corrected chi connectivity index (χ2v) is 6.48. The number of thioether (sulfide) groups is 1. The van der Waals surface area contributed by atoms with Gasteiger partial charge in [-0.05, 0) is 49.7 Å². The summed E-state index contributed by atoms with van der Waals surface area (Å²) in [4.78, 5) is 24.8. The van der Waals surface area contributed by atoms with Crippen LogP contribution in [0.2, 0.25) is 0 Å². The summed E-state index contributed by atoms with van der Waals surface area (Å²) in [6, 6.07) is 13.3. The van der Waals surface area contributed by atoms with Crippen molar-refractivity contribution in [1.29, 1.82) is 0 Å². The van der Waals surface area contributed by atoms with Crippen molar-refractivity contribution in [2.45, 2.75) is 32.1 Å². The van der Waals surface area contributed by atoms with Crippen LogP contribution in [0.15, 0.2) is 47.4 Å². The zero-order valence-electron chi connectivity index (χ0n) is 13.7. The van der Waals surface area contributed by atoms with Crippen molar-refractivity contribution in [2.75, 3.05) is 11.1 Å². The average molecular weight is 327 g/mol. The molecule has 2 rings (SSSR count). The van der Waals surface area contributed by atoms with Gasteiger partial charge < -0.3 is 5.32 Å². The van der Waals surface area contributed by atoms with Gasteiger partial charge >= 0.3 is 0 Å². The summed E-state index contributed by atoms with van der Waals surface area (Å²) < 4.78 is 0. The van der Waals surface area contributed by atoms with E-state index in [-0.39, 0.29) is 11.7 Å². The molecule has 23 heavy (non-hydrogen) atoms. The topological polar surface area (TPSA) is 46.2 Å². The van der Waals surface area contributed by atoms with E-state index in [0.29, 0.717) is 17.7 Å². The lowest BCUT2D eigenvalue weighted by Gasteiger charge is -2.07. The highest BCUT2D eigenvalue weighted by Crippen LogP contribution is 2.24. The number of amides is 1. The van der Waals surface area contributed by atoms with Gasteiger partial charge in [-0.3, -0.25) is 9.59 Å². The molecule has 2 aromatic rings. The molecule has 0 saturated heterocycles. The predicted octanol–water partition coefficient (Wildman–Crippen LogP) is 4.63. The summed E-state index contributed by atoms with van der Waals surface area (Å²) in [6.45, 7) is 5.91. The largest absolute Gasteiger partial charge is 0.326 e. The first-order valence-corrected chi connectivity index (χ1v) is 8.61. The molecule has 0 atom stereocenters. The molecule has 0 aliphatic heterocycles. The van der Waals surface area contributed by atoms with Crippen LogP contribution in [0.25, 0.3) is 0 Å². The fraction of sp³-hybridized carbons (Fsp3) is 0.263. The van der Waals surface area contributed by atoms with Gasteiger partial charge in [0, 0.05) is 22.6 Å². The fourth-order valence-electron chi connectivity index (χ4n) is 2.08. The Morgan fingerprint density at radius 2 is 1.74 bits per heavy atom. The minimum Gasteiger partial charge on any atom is -0.326 e. The number of benzene rings is 2. The molecule has 120 valence electrons. The van der Waals surface area contributed by atoms with Crippen LogP contribution in [0.1, 0.15) is 34.8 Å². The van der Waals surface area contributed by atoms with E-state index in [2.05, 4.69) is 37.4 Å². The van der Waals surface area contributed by atoms with E-state index in [1.807, 2.05) is 0 Å². The van der Waals surface area contributed by atoms with E-state index in [4.69, 9.17) is 0 Å². The molecular weight excluding hydrogens is 306 g/mol. The first-order valence-electron chi connectivity index (χ1n) is 7.62. The number of aryl methyl sites for hydroxylation is 2. The number of hydrogen-bond acceptors (Lipinski definition) is 3. The maximum atomic E-state index is 12.3. The molecule has 0 spiro atoms. The Hall–Kier alpha value is -2.07. The number of hydrogen-bond donors (Lipinski definition) is 1. The summed E-state index contributed by atoms with van der Waals surface area (Å²) in [5, 5.41) is 2.77. The van der Waals surface area contributed by atoms with Crippen LogP contribution in [-0.2, 0) is 4.79 Å². The molecule has 0 bridgehead atoms. The van der Waals surface area contributed by atoms with Gasteiger partial charge in [-0.15, -0.1) is 11.8 Å². The van der Waals surface area contributed by atoms with E-state index in [0.717, 1.165) is 10.6 Å². The monoisotopic (exact) mass is 327 g/mol. The Balaban J connectivity index is 1.98. The van der Waals surface area contributed by atoms with E-state index in [9.17, 15) is 9.59 Å². The minimum atomic E-state index is -0.0328. The summed E-state index contributed by atoms with van der Waals surface area (Å²) >= 11 is 1.56. The van der Waals surface area contributed by atoms with Gasteiger partial charge in [0.05, 0.1) is 5.75 Å². The van der Waals surface area contributed by atoms with Crippen molar-refractivity contribution >= 4 is 29.1 Å². The maximum Gasteiger partial charge on any atom is 0.224 e. The molecule has 0 aliphatic rings. The van der Waals surface area contributed by atoms with E-state index in [1.54, 1.807) is 43.0 Å². The summed E-state index contributed by atoms with van der Waals surface area (Å²) in [7, 11) is 0. The molecule has 0 fully saturated rings. The second kappa shape index (κ2) is 7.97. The Morgan fingerprint density at radius 1 is 1.04 bits per heavy atom. The second-order valence-electron chi connectivity index (χ2n) is 5.46. The third kappa shape index (κ3) is 4.96. The highest BCUT2D eigenvalue weighted by molar-refractivity contribution is 8.00. The summed E-state index contributed by atoms with van der Waals surface area (Å²) in [6.07, 6.45) is 0.438. The smallest absolute Gasteiger partial charge is 0.224 e. The summed E-state index contributed by atoms with van der Waals surface area (Å²) in [5.74, 6) is 0.462. The van der Waals surface area contributed by atoms with Crippen LogP contribution in [0, 0.1) is 13.8 Å². The quantitative estimate of drug-likeness (QED) is 0.621. The number of anilines is 1. The molecule has 4 heteroatoms. The van der Waals surface area contributed by atoms with E-state index in [1.165, 1.54) is 11.1 Å². The minimum absolute atomic E-state index is 0.0328. The molecule has 0 saturated carbocycles. The lowest BCUT2D eigenvalue weighted by Crippen LogP contribution is -2.09. The third-order valence-corrected chi connectivity index (χ3v) is 4.67. The van der Waals surface area contributed by atoms with Crippen LogP contribution < -0.4 is 5.32 Å². The van der Waals surface area contributed by atoms with Crippen molar-refractivity contribution in [3.05, 3.63) is 59.2 Å². The first-order chi connectivity index (χ1) is 11.0. The SMILES string of the molecule is CCC(=O)Nc1ccc(C(=O)CSc2cc(C)ccc2C)cc1. The van der Waals surface area contributed by atoms with Gasteiger partial charge in [-0.25, -0.2) is 0 Å². The third-order valence-electron chi connectivity index (χ3n) is 3.51. The number of rotatable bonds is 6. The molecule has 2 aromatic carbocycles. The fourth-order valence-corrected chi connectivity index (χ4v) is 3.10. The number of nitrogens with one attached hydrogen (secondary N) is 1. The Labute approximate surface area is 141 Å². The van der Waals surface area contributed by atoms with Crippen LogP contribution in [-0.4, -0.2) is 17.4 Å². The molecule has 0 aromatic heterocycles. The van der Waals surface area contributed by atoms with Gasteiger partial charge in [0.1, 0.15) is 0 Å². The summed E-state index contributed by atoms with van der Waals surface area (Å²) in [5.41, 5.74) is 3.76. The highest BCUT2D eigenvalue weighted by atomic mass is 32.2. The molecular formula is C19H21NO2S.